The number of aromatic nitrogens is 1. The zero-order chi connectivity index (χ0) is 92.2. The molecule has 5 heterocycles. The van der Waals surface area contributed by atoms with E-state index >= 15 is 0 Å². The van der Waals surface area contributed by atoms with Crippen LogP contribution < -0.4 is 52.2 Å². The molecule has 121 heavy (non-hydrogen) atoms. The third-order valence-corrected chi connectivity index (χ3v) is 24.9. The SMILES string of the molecule is [2H]c1c([2H])c([2H])c(-c2c([2H])c([2H])c3c(c2[2H])N(c2c(-c4ccccc4)cc(C(C)(C)C)cc2-c2ccccc2)c2cc(C(C)(C)C)cc4c2B3c2c3c5c(c([2H])c2N4c2c(-c4ccccc4)cc(C(C)(C)C)cc2-c2ccccc2)N(c2ccc(-c4ccccc4)cc2)c2ccc(-c4ccccc4)cc2B5c2c([2H])c([2H])c(-n4c5ccccc5c5ccccc54)c([2H])c2O3)c([2H])c1[2H]. The molecule has 17 aromatic carbocycles. The quantitative estimate of drug-likeness (QED) is 0.120. The number of nitrogens with zero attached hydrogens (tertiary/aromatic N) is 4. The minimum atomic E-state index is -1.39. The van der Waals surface area contributed by atoms with Gasteiger partial charge in [-0.1, -0.05) is 353 Å². The smallest absolute Gasteiger partial charge is 0.256 e. The molecule has 0 spiro atoms. The summed E-state index contributed by atoms with van der Waals surface area (Å²) in [5.41, 5.74) is 18.5. The number of ether oxygens (including phenoxy) is 1. The lowest BCUT2D eigenvalue weighted by molar-refractivity contribution is 0.491. The van der Waals surface area contributed by atoms with Crippen molar-refractivity contribution in [2.45, 2.75) is 78.6 Å². The van der Waals surface area contributed by atoms with Crippen molar-refractivity contribution in [2.24, 2.45) is 0 Å². The molecule has 5 nitrogen and oxygen atoms in total. The van der Waals surface area contributed by atoms with Gasteiger partial charge in [-0.2, -0.15) is 0 Å². The minimum absolute atomic E-state index is 0.0217. The molecule has 4 aliphatic heterocycles. The van der Waals surface area contributed by atoms with Crippen molar-refractivity contribution in [1.29, 1.82) is 0 Å². The van der Waals surface area contributed by atoms with Crippen molar-refractivity contribution in [2.75, 3.05) is 14.7 Å². The van der Waals surface area contributed by atoms with Gasteiger partial charge >= 0.3 is 0 Å². The molecule has 0 N–H and O–H groups in total. The summed E-state index contributed by atoms with van der Waals surface area (Å²) in [6.07, 6.45) is 0. The van der Waals surface area contributed by atoms with Crippen LogP contribution in [0, 0.1) is 0 Å². The first kappa shape index (κ1) is 61.2. The van der Waals surface area contributed by atoms with E-state index in [2.05, 4.69) is 229 Å². The second-order valence-corrected chi connectivity index (χ2v) is 35.3. The van der Waals surface area contributed by atoms with Crippen LogP contribution in [0.5, 0.6) is 11.5 Å². The number of rotatable bonds is 11. The summed E-state index contributed by atoms with van der Waals surface area (Å²) >= 11 is 0. The Labute approximate surface area is 727 Å². The summed E-state index contributed by atoms with van der Waals surface area (Å²) < 4.78 is 139. The second-order valence-electron chi connectivity index (χ2n) is 35.3. The van der Waals surface area contributed by atoms with Gasteiger partial charge in [0.2, 0.25) is 0 Å². The summed E-state index contributed by atoms with van der Waals surface area (Å²) in [5.74, 6) is 0.139. The van der Waals surface area contributed by atoms with Gasteiger partial charge in [0.1, 0.15) is 11.5 Å². The number of hydrogen-bond donors (Lipinski definition) is 0. The molecule has 0 saturated carbocycles. The zero-order valence-corrected chi connectivity index (χ0v) is 68.8. The van der Waals surface area contributed by atoms with Gasteiger partial charge in [-0.25, -0.2) is 0 Å². The van der Waals surface area contributed by atoms with Crippen molar-refractivity contribution in [3.8, 4) is 95.1 Å². The second kappa shape index (κ2) is 28.3. The van der Waals surface area contributed by atoms with E-state index in [1.54, 1.807) is 0 Å². The van der Waals surface area contributed by atoms with Crippen molar-refractivity contribution in [3.05, 3.63) is 399 Å². The summed E-state index contributed by atoms with van der Waals surface area (Å²) in [5, 5.41) is 1.74. The van der Waals surface area contributed by atoms with Gasteiger partial charge in [-0.15, -0.1) is 0 Å². The summed E-state index contributed by atoms with van der Waals surface area (Å²) in [4.78, 5) is 6.51. The van der Waals surface area contributed by atoms with Gasteiger partial charge in [0.05, 0.1) is 38.9 Å². The van der Waals surface area contributed by atoms with Crippen LogP contribution in [-0.4, -0.2) is 18.0 Å². The first-order valence-corrected chi connectivity index (χ1v) is 41.7. The number of para-hydroxylation sites is 2. The number of hydrogen-bond acceptors (Lipinski definition) is 4. The highest BCUT2D eigenvalue weighted by Crippen LogP contribution is 2.58. The molecule has 0 bridgehead atoms. The van der Waals surface area contributed by atoms with Crippen LogP contribution in [-0.2, 0) is 16.2 Å². The molecule has 0 aliphatic carbocycles. The highest BCUT2D eigenvalue weighted by atomic mass is 16.5. The Kier molecular flexibility index (Phi) is 14.3. The van der Waals surface area contributed by atoms with E-state index < -0.39 is 83.6 Å². The molecule has 18 aromatic rings. The largest absolute Gasteiger partial charge is 0.459 e. The minimum Gasteiger partial charge on any atom is -0.459 e. The maximum atomic E-state index is 12.7. The summed E-state index contributed by atoms with van der Waals surface area (Å²) in [7, 11) is 0. The van der Waals surface area contributed by atoms with Crippen LogP contribution in [0.3, 0.4) is 0 Å². The number of fused-ring (bicyclic) bond motifs is 12. The third-order valence-electron chi connectivity index (χ3n) is 24.9. The standard InChI is InChI=1S/C114H90B2N4O/c1-112(2,3)83-65-90(77-41-23-13-24-42-77)109(91(66-83)78-43-25-14-26-44-78)119-100-64-82(75-39-21-12-22-40-75)55-60-94(100)116-106-101(119)69-85(114(7,8)9)70-102(106)120(110-92(79-45-27-15-28-46-79)67-84(113(4,5)6)68-93(110)80-47-29-16-30-48-80)104-72-103-107-111(108(104)116)121-105-71-87(118-97-51-33-31-49-88(97)89-50-32-34-52-98(89)118)59-61-95(105)115(107)96-63-81(74-37-19-11-20-38-74)56-62-99(96)117(103)86-57-53-76(54-58-86)73-35-17-10-18-36-73/h10-72H,1-9H3/i12D,21D,22D,39D,40D,55D,59D,60D,61D,64D,71D,72D. The van der Waals surface area contributed by atoms with E-state index in [0.717, 1.165) is 94.2 Å². The fraction of sp³-hybridized carbons (Fsp3) is 0.105. The van der Waals surface area contributed by atoms with Crippen LogP contribution in [0.15, 0.2) is 382 Å². The molecule has 0 amide bonds. The van der Waals surface area contributed by atoms with Crippen LogP contribution in [0.25, 0.3) is 105 Å². The van der Waals surface area contributed by atoms with E-state index in [4.69, 9.17) is 6.11 Å². The molecule has 0 radical (unpaired) electrons. The predicted molar refractivity (Wildman–Crippen MR) is 515 cm³/mol. The molecular weight excluding hydrogens is 1460 g/mol. The third kappa shape index (κ3) is 12.1. The van der Waals surface area contributed by atoms with Crippen LogP contribution in [0.4, 0.5) is 51.2 Å². The Morgan fingerprint density at radius 1 is 0.273 bits per heavy atom. The lowest BCUT2D eigenvalue weighted by Gasteiger charge is -2.49. The highest BCUT2D eigenvalue weighted by Gasteiger charge is 2.52. The molecule has 0 atom stereocenters. The topological polar surface area (TPSA) is 23.9 Å². The molecule has 7 heteroatoms. The number of benzene rings is 17. The van der Waals surface area contributed by atoms with E-state index in [1.165, 1.54) is 0 Å². The van der Waals surface area contributed by atoms with Gasteiger partial charge in [0.25, 0.3) is 13.4 Å². The van der Waals surface area contributed by atoms with Gasteiger partial charge in [-0.05, 0) is 206 Å². The lowest BCUT2D eigenvalue weighted by Crippen LogP contribution is -2.65. The Morgan fingerprint density at radius 3 is 1.18 bits per heavy atom. The molecule has 1 aromatic heterocycles. The van der Waals surface area contributed by atoms with Crippen LogP contribution >= 0.6 is 0 Å². The maximum absolute atomic E-state index is 12.7. The maximum Gasteiger partial charge on any atom is 0.256 e. The molecule has 578 valence electrons. The monoisotopic (exact) mass is 1560 g/mol. The zero-order valence-electron chi connectivity index (χ0n) is 80.8. The lowest BCUT2D eigenvalue weighted by atomic mass is 9.30. The Morgan fingerprint density at radius 2 is 0.686 bits per heavy atom. The molecule has 0 unspecified atom stereocenters. The van der Waals surface area contributed by atoms with Gasteiger partial charge in [0.15, 0.2) is 0 Å². The molecule has 4 aliphatic rings. The first-order chi connectivity index (χ1) is 64.0. The first-order valence-electron chi connectivity index (χ1n) is 47.7. The summed E-state index contributed by atoms with van der Waals surface area (Å²) in [6.45, 7) is 17.2. The van der Waals surface area contributed by atoms with Gasteiger partial charge in [-0.3, -0.25) is 0 Å². The van der Waals surface area contributed by atoms with Crippen molar-refractivity contribution in [1.82, 2.24) is 4.57 Å². The van der Waals surface area contributed by atoms with Crippen molar-refractivity contribution >= 4 is 119 Å². The average molecular weight is 1570 g/mol. The number of anilines is 9. The molecule has 22 rings (SSSR count). The highest BCUT2D eigenvalue weighted by molar-refractivity contribution is 7.03. The van der Waals surface area contributed by atoms with E-state index in [-0.39, 0.29) is 69.2 Å². The van der Waals surface area contributed by atoms with E-state index in [0.29, 0.717) is 72.7 Å². The predicted octanol–water partition coefficient (Wildman–Crippen LogP) is 26.8. The van der Waals surface area contributed by atoms with Crippen LogP contribution in [0.2, 0.25) is 0 Å². The van der Waals surface area contributed by atoms with E-state index in [1.807, 2.05) is 162 Å². The molecular formula is C114H90B2N4O. The average Bonchev–Trinajstić information content (AvgIpc) is 0.817. The van der Waals surface area contributed by atoms with Gasteiger partial charge < -0.3 is 24.0 Å². The molecule has 0 saturated heterocycles. The van der Waals surface area contributed by atoms with Crippen molar-refractivity contribution < 1.29 is 21.2 Å². The Hall–Kier alpha value is -14.1. The normalized spacial score (nSPS) is 14.5. The molecule has 0 fully saturated rings. The summed E-state index contributed by atoms with van der Waals surface area (Å²) in [6, 6.07) is 99.8. The Bertz CT molecular complexity index is 7740. The fourth-order valence-electron chi connectivity index (χ4n) is 18.9. The fourth-order valence-corrected chi connectivity index (χ4v) is 18.9. The van der Waals surface area contributed by atoms with Crippen molar-refractivity contribution in [3.63, 3.8) is 0 Å². The van der Waals surface area contributed by atoms with Crippen LogP contribution in [0.1, 0.15) is 95.5 Å². The van der Waals surface area contributed by atoms with Gasteiger partial charge in [0, 0.05) is 84.6 Å². The van der Waals surface area contributed by atoms with E-state index in [9.17, 15) is 15.1 Å². The Balaban J connectivity index is 1.000.